The van der Waals surface area contributed by atoms with E-state index in [1.807, 2.05) is 6.92 Å². The highest BCUT2D eigenvalue weighted by Gasteiger charge is 2.35. The predicted octanol–water partition coefficient (Wildman–Crippen LogP) is 2.82. The molecule has 1 aliphatic heterocycles. The molecule has 0 bridgehead atoms. The van der Waals surface area contributed by atoms with E-state index in [0.717, 1.165) is 31.5 Å². The first-order valence-electron chi connectivity index (χ1n) is 6.94. The zero-order chi connectivity index (χ0) is 13.3. The number of benzene rings is 1. The van der Waals surface area contributed by atoms with Gasteiger partial charge in [0.15, 0.2) is 0 Å². The zero-order valence-corrected chi connectivity index (χ0v) is 12.0. The summed E-state index contributed by atoms with van der Waals surface area (Å²) in [5.41, 5.74) is 4.19. The Bertz CT molecular complexity index is 431. The van der Waals surface area contributed by atoms with Crippen molar-refractivity contribution in [3.63, 3.8) is 0 Å². The number of aryl methyl sites for hydroxylation is 3. The van der Waals surface area contributed by atoms with E-state index < -0.39 is 5.60 Å². The first-order chi connectivity index (χ1) is 8.43. The molecule has 1 atom stereocenters. The van der Waals surface area contributed by atoms with E-state index in [1.54, 1.807) is 0 Å². The molecule has 2 heteroatoms. The molecule has 2 nitrogen and oxygen atoms in total. The topological polar surface area (TPSA) is 32.3 Å². The summed E-state index contributed by atoms with van der Waals surface area (Å²) in [6.45, 7) is 10.4. The third kappa shape index (κ3) is 2.45. The highest BCUT2D eigenvalue weighted by atomic mass is 16.3. The fourth-order valence-corrected chi connectivity index (χ4v) is 3.11. The molecule has 0 aliphatic carbocycles. The number of nitrogens with one attached hydrogen (secondary N) is 1. The number of rotatable bonds is 2. The van der Waals surface area contributed by atoms with Crippen molar-refractivity contribution >= 4 is 0 Å². The van der Waals surface area contributed by atoms with Crippen molar-refractivity contribution in [1.82, 2.24) is 5.32 Å². The molecule has 1 fully saturated rings. The van der Waals surface area contributed by atoms with Crippen LogP contribution >= 0.6 is 0 Å². The summed E-state index contributed by atoms with van der Waals surface area (Å²) >= 11 is 0. The van der Waals surface area contributed by atoms with E-state index in [1.165, 1.54) is 16.7 Å². The van der Waals surface area contributed by atoms with Crippen LogP contribution in [-0.4, -0.2) is 18.2 Å². The molecular weight excluding hydrogens is 222 g/mol. The van der Waals surface area contributed by atoms with Gasteiger partial charge in [0.05, 0.1) is 5.60 Å². The van der Waals surface area contributed by atoms with Crippen LogP contribution in [0.1, 0.15) is 42.0 Å². The van der Waals surface area contributed by atoms with Gasteiger partial charge in [-0.2, -0.15) is 0 Å². The molecule has 0 radical (unpaired) electrons. The lowest BCUT2D eigenvalue weighted by Gasteiger charge is -2.37. The van der Waals surface area contributed by atoms with E-state index in [2.05, 4.69) is 38.2 Å². The molecule has 0 saturated carbocycles. The van der Waals surface area contributed by atoms with Gasteiger partial charge < -0.3 is 10.4 Å². The molecule has 1 heterocycles. The molecule has 0 spiro atoms. The van der Waals surface area contributed by atoms with E-state index in [-0.39, 0.29) is 0 Å². The van der Waals surface area contributed by atoms with Crippen LogP contribution in [0.3, 0.4) is 0 Å². The molecule has 2 N–H and O–H groups in total. The van der Waals surface area contributed by atoms with E-state index >= 15 is 0 Å². The molecule has 0 aromatic heterocycles. The Labute approximate surface area is 110 Å². The monoisotopic (exact) mass is 247 g/mol. The van der Waals surface area contributed by atoms with Crippen LogP contribution < -0.4 is 5.32 Å². The number of piperidine rings is 1. The maximum atomic E-state index is 11.0. The van der Waals surface area contributed by atoms with Crippen LogP contribution in [0.4, 0.5) is 0 Å². The average Bonchev–Trinajstić information content (AvgIpc) is 2.34. The van der Waals surface area contributed by atoms with Crippen molar-refractivity contribution in [2.75, 3.05) is 13.1 Å². The minimum atomic E-state index is -0.704. The van der Waals surface area contributed by atoms with Crippen LogP contribution in [0, 0.1) is 26.7 Å². The van der Waals surface area contributed by atoms with Gasteiger partial charge in [0.25, 0.3) is 0 Å². The first kappa shape index (κ1) is 13.6. The standard InChI is InChI=1S/C16H25NO/c1-11-9-13(3)15(10-12(11)2)16(4,18)14-5-7-17-8-6-14/h9-10,14,17-18H,5-8H2,1-4H3. The third-order valence-corrected chi connectivity index (χ3v) is 4.52. The van der Waals surface area contributed by atoms with Crippen molar-refractivity contribution in [2.45, 2.75) is 46.1 Å². The van der Waals surface area contributed by atoms with Gasteiger partial charge in [-0.15, -0.1) is 0 Å². The molecule has 2 rings (SSSR count). The Morgan fingerprint density at radius 1 is 1.06 bits per heavy atom. The van der Waals surface area contributed by atoms with Crippen molar-refractivity contribution in [3.8, 4) is 0 Å². The van der Waals surface area contributed by atoms with Gasteiger partial charge in [0, 0.05) is 0 Å². The molecule has 100 valence electrons. The molecule has 1 saturated heterocycles. The van der Waals surface area contributed by atoms with E-state index in [0.29, 0.717) is 5.92 Å². The second kappa shape index (κ2) is 5.02. The minimum absolute atomic E-state index is 0.361. The Balaban J connectivity index is 2.36. The Hall–Kier alpha value is -0.860. The number of aliphatic hydroxyl groups is 1. The van der Waals surface area contributed by atoms with Gasteiger partial charge in [-0.05, 0) is 81.8 Å². The predicted molar refractivity (Wildman–Crippen MR) is 75.8 cm³/mol. The molecular formula is C16H25NO. The Morgan fingerprint density at radius 2 is 1.61 bits per heavy atom. The first-order valence-corrected chi connectivity index (χ1v) is 6.94. The normalized spacial score (nSPS) is 20.7. The molecule has 1 aromatic carbocycles. The smallest absolute Gasteiger partial charge is 0.0900 e. The SMILES string of the molecule is Cc1cc(C)c(C(C)(O)C2CCNCC2)cc1C. The van der Waals surface area contributed by atoms with Crippen molar-refractivity contribution in [3.05, 3.63) is 34.4 Å². The summed E-state index contributed by atoms with van der Waals surface area (Å²) in [5.74, 6) is 0.361. The molecule has 0 amide bonds. The highest BCUT2D eigenvalue weighted by molar-refractivity contribution is 5.39. The summed E-state index contributed by atoms with van der Waals surface area (Å²) in [7, 11) is 0. The van der Waals surface area contributed by atoms with Crippen molar-refractivity contribution in [1.29, 1.82) is 0 Å². The summed E-state index contributed by atoms with van der Waals surface area (Å²) in [6.07, 6.45) is 2.11. The van der Waals surface area contributed by atoms with E-state index in [4.69, 9.17) is 0 Å². The Kier molecular flexibility index (Phi) is 3.79. The quantitative estimate of drug-likeness (QED) is 0.842. The fraction of sp³-hybridized carbons (Fsp3) is 0.625. The van der Waals surface area contributed by atoms with Crippen LogP contribution in [0.5, 0.6) is 0 Å². The number of hydrogen-bond acceptors (Lipinski definition) is 2. The van der Waals surface area contributed by atoms with Gasteiger partial charge in [-0.3, -0.25) is 0 Å². The van der Waals surface area contributed by atoms with Gasteiger partial charge >= 0.3 is 0 Å². The summed E-state index contributed by atoms with van der Waals surface area (Å²) < 4.78 is 0. The zero-order valence-electron chi connectivity index (χ0n) is 12.0. The lowest BCUT2D eigenvalue weighted by atomic mass is 9.75. The molecule has 18 heavy (non-hydrogen) atoms. The van der Waals surface area contributed by atoms with E-state index in [9.17, 15) is 5.11 Å². The van der Waals surface area contributed by atoms with Crippen LogP contribution in [-0.2, 0) is 5.60 Å². The fourth-order valence-electron chi connectivity index (χ4n) is 3.11. The largest absolute Gasteiger partial charge is 0.385 e. The van der Waals surface area contributed by atoms with Gasteiger partial charge in [-0.25, -0.2) is 0 Å². The lowest BCUT2D eigenvalue weighted by molar-refractivity contribution is -0.0192. The Morgan fingerprint density at radius 3 is 2.22 bits per heavy atom. The third-order valence-electron chi connectivity index (χ3n) is 4.52. The summed E-state index contributed by atoms with van der Waals surface area (Å²) in [5, 5.41) is 14.3. The summed E-state index contributed by atoms with van der Waals surface area (Å²) in [4.78, 5) is 0. The minimum Gasteiger partial charge on any atom is -0.385 e. The van der Waals surface area contributed by atoms with Crippen molar-refractivity contribution in [2.24, 2.45) is 5.92 Å². The highest BCUT2D eigenvalue weighted by Crippen LogP contribution is 2.37. The molecule has 1 aromatic rings. The van der Waals surface area contributed by atoms with Crippen LogP contribution in [0.2, 0.25) is 0 Å². The maximum Gasteiger partial charge on any atom is 0.0900 e. The second-order valence-corrected chi connectivity index (χ2v) is 5.92. The molecule has 1 unspecified atom stereocenters. The second-order valence-electron chi connectivity index (χ2n) is 5.92. The van der Waals surface area contributed by atoms with Crippen LogP contribution in [0.25, 0.3) is 0 Å². The van der Waals surface area contributed by atoms with Crippen molar-refractivity contribution < 1.29 is 5.11 Å². The van der Waals surface area contributed by atoms with Gasteiger partial charge in [0.1, 0.15) is 0 Å². The summed E-state index contributed by atoms with van der Waals surface area (Å²) in [6, 6.07) is 4.37. The maximum absolute atomic E-state index is 11.0. The average molecular weight is 247 g/mol. The lowest BCUT2D eigenvalue weighted by Crippen LogP contribution is -2.40. The van der Waals surface area contributed by atoms with Crippen LogP contribution in [0.15, 0.2) is 12.1 Å². The number of hydrogen-bond donors (Lipinski definition) is 2. The molecule has 1 aliphatic rings. The van der Waals surface area contributed by atoms with Gasteiger partial charge in [-0.1, -0.05) is 12.1 Å². The van der Waals surface area contributed by atoms with Gasteiger partial charge in [0.2, 0.25) is 0 Å².